The molecule has 0 aliphatic carbocycles. The van der Waals surface area contributed by atoms with Crippen molar-refractivity contribution in [3.05, 3.63) is 85.1 Å². The molecule has 0 saturated carbocycles. The fourth-order valence-corrected chi connectivity index (χ4v) is 4.90. The minimum Gasteiger partial charge on any atom is -0.544 e. The molecule has 2 atom stereocenters. The number of aliphatic carboxylic acids is 1. The lowest BCUT2D eigenvalue weighted by Gasteiger charge is -2.34. The number of nitrogens with zero attached hydrogens (tertiary/aromatic N) is 1. The van der Waals surface area contributed by atoms with Gasteiger partial charge in [0.15, 0.2) is 6.10 Å². The van der Waals surface area contributed by atoms with E-state index in [-0.39, 0.29) is 49.1 Å². The molecule has 51 heavy (non-hydrogen) atoms. The third-order valence-corrected chi connectivity index (χ3v) is 7.87. The number of carbonyl (C=O) groups is 3. The van der Waals surface area contributed by atoms with Crippen LogP contribution in [0.2, 0.25) is 0 Å². The van der Waals surface area contributed by atoms with Gasteiger partial charge >= 0.3 is 11.9 Å². The van der Waals surface area contributed by atoms with Gasteiger partial charge in [0.2, 0.25) is 0 Å². The first-order chi connectivity index (χ1) is 24.6. The molecule has 0 N–H and O–H groups in total. The minimum atomic E-state index is -1.14. The maximum absolute atomic E-state index is 12.6. The Hall–Kier alpha value is -3.49. The molecule has 0 heterocycles. The Bertz CT molecular complexity index is 1110. The first-order valence-electron chi connectivity index (χ1n) is 19.2. The summed E-state index contributed by atoms with van der Waals surface area (Å²) in [5.74, 6) is -1.83. The van der Waals surface area contributed by atoms with Crippen molar-refractivity contribution in [3.63, 3.8) is 0 Å². The van der Waals surface area contributed by atoms with Crippen LogP contribution in [0.25, 0.3) is 0 Å². The van der Waals surface area contributed by atoms with Gasteiger partial charge in [-0.05, 0) is 57.8 Å². The molecule has 0 aromatic rings. The van der Waals surface area contributed by atoms with E-state index in [1.165, 1.54) is 6.42 Å². The first kappa shape index (κ1) is 47.5. The van der Waals surface area contributed by atoms with E-state index >= 15 is 0 Å². The summed E-state index contributed by atoms with van der Waals surface area (Å²) in [5, 5.41) is 11.6. The van der Waals surface area contributed by atoms with E-state index in [0.29, 0.717) is 12.8 Å². The average Bonchev–Trinajstić information content (AvgIpc) is 3.08. The number of ether oxygens (including phenoxy) is 3. The topological polar surface area (TPSA) is 102 Å². The van der Waals surface area contributed by atoms with Crippen molar-refractivity contribution in [2.45, 2.75) is 129 Å². The summed E-state index contributed by atoms with van der Waals surface area (Å²) < 4.78 is 17.0. The number of likely N-dealkylation sites (N-methyl/N-ethyl adjacent to an activating group) is 1. The van der Waals surface area contributed by atoms with E-state index in [0.717, 1.165) is 70.6 Å². The molecule has 2 unspecified atom stereocenters. The molecule has 8 nitrogen and oxygen atoms in total. The van der Waals surface area contributed by atoms with Gasteiger partial charge in [-0.25, -0.2) is 0 Å². The number of carboxylic acids is 1. The molecule has 0 bridgehead atoms. The lowest BCUT2D eigenvalue weighted by Crippen LogP contribution is -2.55. The van der Waals surface area contributed by atoms with Crippen LogP contribution >= 0.6 is 0 Å². The van der Waals surface area contributed by atoms with Crippen molar-refractivity contribution in [3.8, 4) is 0 Å². The number of hydrogen-bond donors (Lipinski definition) is 0. The number of quaternary nitrogens is 1. The van der Waals surface area contributed by atoms with Crippen molar-refractivity contribution in [2.24, 2.45) is 0 Å². The predicted octanol–water partition coefficient (Wildman–Crippen LogP) is 8.46. The van der Waals surface area contributed by atoms with Crippen molar-refractivity contribution < 1.29 is 38.2 Å². The zero-order chi connectivity index (χ0) is 37.8. The lowest BCUT2D eigenvalue weighted by atomic mass is 10.1. The molecule has 0 aliphatic heterocycles. The lowest BCUT2D eigenvalue weighted by molar-refractivity contribution is -0.889. The zero-order valence-electron chi connectivity index (χ0n) is 32.5. The van der Waals surface area contributed by atoms with Gasteiger partial charge < -0.3 is 28.6 Å². The van der Waals surface area contributed by atoms with Crippen molar-refractivity contribution in [1.29, 1.82) is 0 Å². The van der Waals surface area contributed by atoms with Gasteiger partial charge in [-0.15, -0.1) is 0 Å². The third-order valence-electron chi connectivity index (χ3n) is 7.87. The summed E-state index contributed by atoms with van der Waals surface area (Å²) in [6, 6.07) is -0.739. The quantitative estimate of drug-likeness (QED) is 0.0227. The van der Waals surface area contributed by atoms with Crippen LogP contribution in [0.4, 0.5) is 0 Å². The second-order valence-electron chi connectivity index (χ2n) is 13.5. The molecule has 0 amide bonds. The van der Waals surface area contributed by atoms with Crippen molar-refractivity contribution in [2.75, 3.05) is 41.0 Å². The molecule has 0 aromatic heterocycles. The van der Waals surface area contributed by atoms with Gasteiger partial charge in [0.25, 0.3) is 0 Å². The van der Waals surface area contributed by atoms with Crippen molar-refractivity contribution in [1.82, 2.24) is 0 Å². The van der Waals surface area contributed by atoms with Gasteiger partial charge in [-0.3, -0.25) is 9.59 Å². The number of esters is 2. The fourth-order valence-electron chi connectivity index (χ4n) is 4.90. The molecule has 0 fully saturated rings. The highest BCUT2D eigenvalue weighted by atomic mass is 16.6. The van der Waals surface area contributed by atoms with E-state index in [1.807, 2.05) is 36.5 Å². The highest BCUT2D eigenvalue weighted by Gasteiger charge is 2.25. The maximum atomic E-state index is 12.6. The number of carbonyl (C=O) groups excluding carboxylic acids is 3. The number of carboxylic acid groups (broad SMARTS) is 1. The van der Waals surface area contributed by atoms with Crippen LogP contribution in [0.3, 0.4) is 0 Å². The van der Waals surface area contributed by atoms with E-state index in [2.05, 4.69) is 62.5 Å². The monoisotopic (exact) mass is 712 g/mol. The number of hydrogen-bond acceptors (Lipinski definition) is 7. The van der Waals surface area contributed by atoms with E-state index in [1.54, 1.807) is 21.1 Å². The third kappa shape index (κ3) is 32.2. The van der Waals surface area contributed by atoms with Gasteiger partial charge in [0.1, 0.15) is 12.6 Å². The summed E-state index contributed by atoms with van der Waals surface area (Å²) in [6.45, 7) is 4.34. The highest BCUT2D eigenvalue weighted by Crippen LogP contribution is 2.11. The van der Waals surface area contributed by atoms with Crippen LogP contribution in [0.15, 0.2) is 85.1 Å². The Kier molecular flexibility index (Phi) is 31.3. The van der Waals surface area contributed by atoms with Crippen LogP contribution in [0.5, 0.6) is 0 Å². The molecular weight excluding hydrogens is 642 g/mol. The highest BCUT2D eigenvalue weighted by molar-refractivity contribution is 5.70. The van der Waals surface area contributed by atoms with Crippen LogP contribution in [0, 0.1) is 0 Å². The SMILES string of the molecule is CC/C=C/C/C=C/CCCCC(=O)OCC(COCCC(C(=O)[O-])[N+](C)(C)C)OC(=O)CCCCCCC/C=C/C=C/C=C/C=C/C=C/CCC. The van der Waals surface area contributed by atoms with Gasteiger partial charge in [-0.2, -0.15) is 0 Å². The van der Waals surface area contributed by atoms with Gasteiger partial charge in [0.05, 0.1) is 40.3 Å². The average molecular weight is 712 g/mol. The zero-order valence-corrected chi connectivity index (χ0v) is 32.5. The number of unbranched alkanes of at least 4 members (excludes halogenated alkanes) is 8. The van der Waals surface area contributed by atoms with E-state index in [4.69, 9.17) is 14.2 Å². The Morgan fingerprint density at radius 1 is 0.627 bits per heavy atom. The molecule has 288 valence electrons. The molecule has 0 spiro atoms. The fraction of sp³-hybridized carbons (Fsp3) is 0.605. The molecule has 0 aromatic carbocycles. The van der Waals surface area contributed by atoms with Gasteiger partial charge in [-0.1, -0.05) is 125 Å². The van der Waals surface area contributed by atoms with Crippen LogP contribution in [-0.2, 0) is 28.6 Å². The van der Waals surface area contributed by atoms with E-state index in [9.17, 15) is 19.5 Å². The second kappa shape index (κ2) is 33.6. The normalized spacial score (nSPS) is 14.0. The smallest absolute Gasteiger partial charge is 0.306 e. The molecule has 0 rings (SSSR count). The van der Waals surface area contributed by atoms with Crippen LogP contribution in [-0.4, -0.2) is 75.5 Å². The number of allylic oxidation sites excluding steroid dienone is 14. The summed E-state index contributed by atoms with van der Waals surface area (Å²) in [4.78, 5) is 36.6. The standard InChI is InChI=1S/C43H69NO7/c1-6-8-10-12-14-16-17-18-19-20-21-22-23-24-26-28-30-32-34-42(46)51-39(37-49-36-35-40(43(47)48)44(3,4)5)38-50-41(45)33-31-29-27-25-15-13-11-9-7-2/h9-12,14-22,25,39-40H,6-8,13,23-24,26-38H2,1-5H3/b11-9+,12-10+,16-14+,18-17+,20-19+,22-21+,25-15+. The Morgan fingerprint density at radius 3 is 1.82 bits per heavy atom. The Labute approximate surface area is 310 Å². The van der Waals surface area contributed by atoms with Gasteiger partial charge in [0, 0.05) is 19.3 Å². The first-order valence-corrected chi connectivity index (χ1v) is 19.2. The summed E-state index contributed by atoms with van der Waals surface area (Å²) >= 11 is 0. The molecule has 0 aliphatic rings. The Balaban J connectivity index is 4.50. The molecule has 0 saturated heterocycles. The summed E-state index contributed by atoms with van der Waals surface area (Å²) in [6.07, 6.45) is 41.9. The summed E-state index contributed by atoms with van der Waals surface area (Å²) in [7, 11) is 5.36. The molecule has 8 heteroatoms. The number of rotatable bonds is 32. The van der Waals surface area contributed by atoms with Crippen LogP contribution in [0.1, 0.15) is 117 Å². The largest absolute Gasteiger partial charge is 0.544 e. The predicted molar refractivity (Wildman–Crippen MR) is 208 cm³/mol. The second-order valence-corrected chi connectivity index (χ2v) is 13.5. The molecular formula is C43H69NO7. The van der Waals surface area contributed by atoms with Crippen molar-refractivity contribution >= 4 is 17.9 Å². The maximum Gasteiger partial charge on any atom is 0.306 e. The minimum absolute atomic E-state index is 0.0139. The Morgan fingerprint density at radius 2 is 1.18 bits per heavy atom. The summed E-state index contributed by atoms with van der Waals surface area (Å²) in [5.41, 5.74) is 0. The van der Waals surface area contributed by atoms with Crippen LogP contribution < -0.4 is 5.11 Å². The van der Waals surface area contributed by atoms with E-state index < -0.39 is 18.1 Å². The molecule has 0 radical (unpaired) electrons.